The molecule has 1 fully saturated rings. The van der Waals surface area contributed by atoms with E-state index in [4.69, 9.17) is 0 Å². The highest BCUT2D eigenvalue weighted by molar-refractivity contribution is 5.78. The second kappa shape index (κ2) is 5.42. The molecule has 5 heteroatoms. The Hall–Kier alpha value is -1.52. The molecule has 18 heavy (non-hydrogen) atoms. The molecule has 1 aromatic heterocycles. The first kappa shape index (κ1) is 12.9. The lowest BCUT2D eigenvalue weighted by molar-refractivity contribution is -0.121. The third kappa shape index (κ3) is 3.75. The molecule has 0 saturated heterocycles. The molecule has 1 aliphatic rings. The Balaban J connectivity index is 1.79. The van der Waals surface area contributed by atoms with E-state index in [0.29, 0.717) is 25.7 Å². The van der Waals surface area contributed by atoms with Crippen LogP contribution in [0.15, 0.2) is 18.7 Å². The van der Waals surface area contributed by atoms with Gasteiger partial charge in [0.25, 0.3) is 0 Å². The molecule has 2 rings (SSSR count). The number of amides is 1. The highest BCUT2D eigenvalue weighted by atomic mass is 19.1. The Labute approximate surface area is 106 Å². The SMILES string of the molecule is CC1(F)CCC(NC(=O)Cc2cncnc2)CC1. The van der Waals surface area contributed by atoms with Crippen molar-refractivity contribution in [1.82, 2.24) is 15.3 Å². The number of hydrogen-bond donors (Lipinski definition) is 1. The minimum Gasteiger partial charge on any atom is -0.353 e. The van der Waals surface area contributed by atoms with Crippen LogP contribution in [0, 0.1) is 0 Å². The third-order valence-corrected chi connectivity index (χ3v) is 3.37. The molecule has 0 unspecified atom stereocenters. The van der Waals surface area contributed by atoms with Gasteiger partial charge in [-0.2, -0.15) is 0 Å². The van der Waals surface area contributed by atoms with Gasteiger partial charge in [0.15, 0.2) is 0 Å². The summed E-state index contributed by atoms with van der Waals surface area (Å²) < 4.78 is 13.6. The van der Waals surface area contributed by atoms with Crippen LogP contribution in [0.4, 0.5) is 4.39 Å². The summed E-state index contributed by atoms with van der Waals surface area (Å²) in [5.74, 6) is -0.0442. The molecule has 0 aromatic carbocycles. The van der Waals surface area contributed by atoms with Crippen LogP contribution in [0.5, 0.6) is 0 Å². The Morgan fingerprint density at radius 3 is 2.67 bits per heavy atom. The third-order valence-electron chi connectivity index (χ3n) is 3.37. The minimum absolute atomic E-state index is 0.0442. The second-order valence-corrected chi connectivity index (χ2v) is 5.18. The molecule has 1 amide bonds. The van der Waals surface area contributed by atoms with Crippen LogP contribution in [-0.2, 0) is 11.2 Å². The molecule has 0 atom stereocenters. The number of alkyl halides is 1. The first-order valence-electron chi connectivity index (χ1n) is 6.27. The highest BCUT2D eigenvalue weighted by Crippen LogP contribution is 2.31. The number of carbonyl (C=O) groups is 1. The predicted molar refractivity (Wildman–Crippen MR) is 65.6 cm³/mol. The van der Waals surface area contributed by atoms with Gasteiger partial charge in [-0.3, -0.25) is 4.79 Å². The first-order chi connectivity index (χ1) is 8.55. The number of halogens is 1. The Morgan fingerprint density at radius 1 is 1.44 bits per heavy atom. The van der Waals surface area contributed by atoms with E-state index in [1.165, 1.54) is 6.33 Å². The summed E-state index contributed by atoms with van der Waals surface area (Å²) >= 11 is 0. The van der Waals surface area contributed by atoms with Crippen molar-refractivity contribution >= 4 is 5.91 Å². The molecule has 1 saturated carbocycles. The molecule has 0 bridgehead atoms. The number of aromatic nitrogens is 2. The van der Waals surface area contributed by atoms with E-state index in [1.807, 2.05) is 0 Å². The fraction of sp³-hybridized carbons (Fsp3) is 0.615. The van der Waals surface area contributed by atoms with E-state index in [0.717, 1.165) is 5.56 Å². The summed E-state index contributed by atoms with van der Waals surface area (Å²) in [4.78, 5) is 19.5. The molecule has 0 aliphatic heterocycles. The molecule has 1 aliphatic carbocycles. The molecule has 4 nitrogen and oxygen atoms in total. The quantitative estimate of drug-likeness (QED) is 0.891. The van der Waals surface area contributed by atoms with Crippen molar-refractivity contribution in [2.45, 2.75) is 50.7 Å². The monoisotopic (exact) mass is 251 g/mol. The van der Waals surface area contributed by atoms with E-state index < -0.39 is 5.67 Å². The van der Waals surface area contributed by atoms with Gasteiger partial charge in [0.2, 0.25) is 5.91 Å². The molecule has 0 radical (unpaired) electrons. The lowest BCUT2D eigenvalue weighted by Gasteiger charge is -2.31. The van der Waals surface area contributed by atoms with Gasteiger partial charge in [-0.15, -0.1) is 0 Å². The topological polar surface area (TPSA) is 54.9 Å². The lowest BCUT2D eigenvalue weighted by Crippen LogP contribution is -2.41. The lowest BCUT2D eigenvalue weighted by atomic mass is 9.85. The number of nitrogens with zero attached hydrogens (tertiary/aromatic N) is 2. The number of nitrogens with one attached hydrogen (secondary N) is 1. The molecular weight excluding hydrogens is 233 g/mol. The Kier molecular flexibility index (Phi) is 3.89. The van der Waals surface area contributed by atoms with Gasteiger partial charge in [0, 0.05) is 18.4 Å². The fourth-order valence-electron chi connectivity index (χ4n) is 2.25. The maximum absolute atomic E-state index is 13.6. The standard InChI is InChI=1S/C13H18FN3O/c1-13(14)4-2-11(3-5-13)17-12(18)6-10-7-15-9-16-8-10/h7-9,11H,2-6H2,1H3,(H,17,18). The molecule has 0 spiro atoms. The van der Waals surface area contributed by atoms with Gasteiger partial charge in [-0.05, 0) is 38.2 Å². The first-order valence-corrected chi connectivity index (χ1v) is 6.27. The van der Waals surface area contributed by atoms with E-state index in [1.54, 1.807) is 19.3 Å². The second-order valence-electron chi connectivity index (χ2n) is 5.18. The highest BCUT2D eigenvalue weighted by Gasteiger charge is 2.31. The van der Waals surface area contributed by atoms with Crippen LogP contribution >= 0.6 is 0 Å². The molecule has 1 heterocycles. The van der Waals surface area contributed by atoms with Crippen molar-refractivity contribution in [2.24, 2.45) is 0 Å². The van der Waals surface area contributed by atoms with Crippen LogP contribution in [0.1, 0.15) is 38.2 Å². The molecule has 98 valence electrons. The van der Waals surface area contributed by atoms with Crippen molar-refractivity contribution in [3.8, 4) is 0 Å². The summed E-state index contributed by atoms with van der Waals surface area (Å²) in [7, 11) is 0. The van der Waals surface area contributed by atoms with Gasteiger partial charge in [0.05, 0.1) is 6.42 Å². The van der Waals surface area contributed by atoms with Crippen LogP contribution in [0.2, 0.25) is 0 Å². The van der Waals surface area contributed by atoms with E-state index in [-0.39, 0.29) is 18.4 Å². The molecular formula is C13H18FN3O. The average molecular weight is 251 g/mol. The number of rotatable bonds is 3. The zero-order chi connectivity index (χ0) is 13.0. The number of hydrogen-bond acceptors (Lipinski definition) is 3. The van der Waals surface area contributed by atoms with E-state index >= 15 is 0 Å². The summed E-state index contributed by atoms with van der Waals surface area (Å²) in [6, 6.07) is 0.103. The zero-order valence-corrected chi connectivity index (χ0v) is 10.5. The van der Waals surface area contributed by atoms with Gasteiger partial charge < -0.3 is 5.32 Å². The minimum atomic E-state index is -1.06. The van der Waals surface area contributed by atoms with Gasteiger partial charge in [-0.25, -0.2) is 14.4 Å². The summed E-state index contributed by atoms with van der Waals surface area (Å²) in [5.41, 5.74) is -0.268. The van der Waals surface area contributed by atoms with Crippen LogP contribution in [0.3, 0.4) is 0 Å². The maximum atomic E-state index is 13.6. The van der Waals surface area contributed by atoms with Crippen molar-refractivity contribution in [3.63, 3.8) is 0 Å². The van der Waals surface area contributed by atoms with Crippen LogP contribution in [-0.4, -0.2) is 27.6 Å². The van der Waals surface area contributed by atoms with Crippen molar-refractivity contribution in [2.75, 3.05) is 0 Å². The van der Waals surface area contributed by atoms with Crippen LogP contribution < -0.4 is 5.32 Å². The molecule has 1 N–H and O–H groups in total. The van der Waals surface area contributed by atoms with Gasteiger partial charge in [-0.1, -0.05) is 0 Å². The summed E-state index contributed by atoms with van der Waals surface area (Å²) in [6.45, 7) is 1.63. The summed E-state index contributed by atoms with van der Waals surface area (Å²) in [6.07, 6.45) is 7.44. The molecule has 1 aromatic rings. The average Bonchev–Trinajstić information content (AvgIpc) is 2.33. The van der Waals surface area contributed by atoms with Crippen LogP contribution in [0.25, 0.3) is 0 Å². The number of carbonyl (C=O) groups excluding carboxylic acids is 1. The fourth-order valence-corrected chi connectivity index (χ4v) is 2.25. The normalized spacial score (nSPS) is 27.8. The zero-order valence-electron chi connectivity index (χ0n) is 10.5. The van der Waals surface area contributed by atoms with Crippen molar-refractivity contribution in [3.05, 3.63) is 24.3 Å². The predicted octanol–water partition coefficient (Wildman–Crippen LogP) is 1.81. The van der Waals surface area contributed by atoms with Crippen molar-refractivity contribution < 1.29 is 9.18 Å². The largest absolute Gasteiger partial charge is 0.353 e. The van der Waals surface area contributed by atoms with E-state index in [9.17, 15) is 9.18 Å². The van der Waals surface area contributed by atoms with E-state index in [2.05, 4.69) is 15.3 Å². The summed E-state index contributed by atoms with van der Waals surface area (Å²) in [5, 5.41) is 2.94. The van der Waals surface area contributed by atoms with Crippen molar-refractivity contribution in [1.29, 1.82) is 0 Å². The Bertz CT molecular complexity index is 398. The van der Waals surface area contributed by atoms with Gasteiger partial charge >= 0.3 is 0 Å². The Morgan fingerprint density at radius 2 is 2.06 bits per heavy atom. The smallest absolute Gasteiger partial charge is 0.224 e. The van der Waals surface area contributed by atoms with Gasteiger partial charge in [0.1, 0.15) is 12.0 Å². The maximum Gasteiger partial charge on any atom is 0.224 e.